The largest absolute Gasteiger partial charge is 0.392 e. The molecule has 1 fully saturated rings. The summed E-state index contributed by atoms with van der Waals surface area (Å²) in [6, 6.07) is 2.77. The highest BCUT2D eigenvalue weighted by Gasteiger charge is 2.26. The van der Waals surface area contributed by atoms with Crippen LogP contribution in [0.25, 0.3) is 0 Å². The van der Waals surface area contributed by atoms with Crippen LogP contribution < -0.4 is 4.72 Å². The fourth-order valence-electron chi connectivity index (χ4n) is 1.56. The molecule has 1 aromatic rings. The van der Waals surface area contributed by atoms with Gasteiger partial charge in [-0.15, -0.1) is 0 Å². The van der Waals surface area contributed by atoms with E-state index in [0.717, 1.165) is 12.8 Å². The number of benzene rings is 1. The Bertz CT molecular complexity index is 556. The van der Waals surface area contributed by atoms with E-state index in [9.17, 15) is 8.42 Å². The lowest BCUT2D eigenvalue weighted by atomic mass is 10.2. The third-order valence-electron chi connectivity index (χ3n) is 2.86. The second-order valence-corrected chi connectivity index (χ2v) is 6.81. The van der Waals surface area contributed by atoms with Crippen molar-refractivity contribution in [3.05, 3.63) is 27.7 Å². The van der Waals surface area contributed by atoms with Gasteiger partial charge >= 0.3 is 0 Å². The molecule has 1 saturated carbocycles. The molecule has 1 aliphatic rings. The Balaban J connectivity index is 2.31. The fourth-order valence-corrected chi connectivity index (χ4v) is 3.57. The molecule has 0 radical (unpaired) electrons. The molecule has 2 rings (SSSR count). The van der Waals surface area contributed by atoms with Crippen molar-refractivity contribution in [1.82, 2.24) is 4.72 Å². The van der Waals surface area contributed by atoms with Crippen LogP contribution in [0.4, 0.5) is 0 Å². The quantitative estimate of drug-likeness (QED) is 0.876. The van der Waals surface area contributed by atoms with Gasteiger partial charge in [0.2, 0.25) is 10.0 Å². The van der Waals surface area contributed by atoms with E-state index in [0.29, 0.717) is 12.5 Å². The van der Waals surface area contributed by atoms with Crippen LogP contribution in [-0.4, -0.2) is 20.1 Å². The minimum atomic E-state index is -3.65. The summed E-state index contributed by atoms with van der Waals surface area (Å²) in [6.07, 6.45) is 2.11. The fraction of sp³-hybridized carbons (Fsp3) is 0.455. The Labute approximate surface area is 116 Å². The molecule has 0 aromatic heterocycles. The Morgan fingerprint density at radius 2 is 2.00 bits per heavy atom. The molecule has 0 unspecified atom stereocenters. The van der Waals surface area contributed by atoms with E-state index in [1.165, 1.54) is 12.1 Å². The standard InChI is InChI=1S/C11H13Cl2NO3S/c12-9-3-4-10(11(13)8(9)6-15)18(16,17)14-5-7-1-2-7/h3-4,7,14-15H,1-2,5-6H2. The van der Waals surface area contributed by atoms with Gasteiger partial charge in [0, 0.05) is 17.1 Å². The van der Waals surface area contributed by atoms with Crippen molar-refractivity contribution in [3.63, 3.8) is 0 Å². The molecule has 0 saturated heterocycles. The van der Waals surface area contributed by atoms with Crippen LogP contribution in [0.3, 0.4) is 0 Å². The van der Waals surface area contributed by atoms with Crippen LogP contribution in [0, 0.1) is 5.92 Å². The highest BCUT2D eigenvalue weighted by molar-refractivity contribution is 7.89. The summed E-state index contributed by atoms with van der Waals surface area (Å²) in [5.74, 6) is 0.433. The number of rotatable bonds is 5. The number of nitrogens with one attached hydrogen (secondary N) is 1. The van der Waals surface area contributed by atoms with Crippen LogP contribution in [-0.2, 0) is 16.6 Å². The average Bonchev–Trinajstić information content (AvgIpc) is 3.10. The van der Waals surface area contributed by atoms with Crippen molar-refractivity contribution in [3.8, 4) is 0 Å². The summed E-state index contributed by atoms with van der Waals surface area (Å²) in [6.45, 7) is 0.0272. The Morgan fingerprint density at radius 3 is 2.56 bits per heavy atom. The van der Waals surface area contributed by atoms with Crippen LogP contribution in [0.2, 0.25) is 10.0 Å². The van der Waals surface area contributed by atoms with Gasteiger partial charge in [-0.05, 0) is 30.9 Å². The maximum absolute atomic E-state index is 12.0. The molecule has 1 aromatic carbocycles. The third kappa shape index (κ3) is 2.97. The van der Waals surface area contributed by atoms with Crippen LogP contribution in [0.15, 0.2) is 17.0 Å². The lowest BCUT2D eigenvalue weighted by Crippen LogP contribution is -2.26. The first-order valence-corrected chi connectivity index (χ1v) is 7.77. The normalized spacial score (nSPS) is 15.9. The van der Waals surface area contributed by atoms with Gasteiger partial charge in [-0.2, -0.15) is 0 Å². The first-order valence-electron chi connectivity index (χ1n) is 5.53. The summed E-state index contributed by atoms with van der Waals surface area (Å²) < 4.78 is 26.6. The van der Waals surface area contributed by atoms with Crippen molar-refractivity contribution in [2.45, 2.75) is 24.3 Å². The summed E-state index contributed by atoms with van der Waals surface area (Å²) >= 11 is 11.8. The van der Waals surface area contributed by atoms with Gasteiger partial charge < -0.3 is 5.11 Å². The molecule has 18 heavy (non-hydrogen) atoms. The molecule has 0 spiro atoms. The minimum absolute atomic E-state index is 0.0201. The van der Waals surface area contributed by atoms with E-state index >= 15 is 0 Å². The first kappa shape index (κ1) is 14.1. The van der Waals surface area contributed by atoms with E-state index in [4.69, 9.17) is 28.3 Å². The van der Waals surface area contributed by atoms with Crippen molar-refractivity contribution < 1.29 is 13.5 Å². The summed E-state index contributed by atoms with van der Waals surface area (Å²) in [7, 11) is -3.65. The topological polar surface area (TPSA) is 66.4 Å². The van der Waals surface area contributed by atoms with Crippen LogP contribution in [0.1, 0.15) is 18.4 Å². The van der Waals surface area contributed by atoms with Gasteiger partial charge in [0.25, 0.3) is 0 Å². The van der Waals surface area contributed by atoms with Gasteiger partial charge in [-0.25, -0.2) is 13.1 Å². The summed E-state index contributed by atoms with van der Waals surface area (Å²) in [5, 5.41) is 9.37. The summed E-state index contributed by atoms with van der Waals surface area (Å²) in [4.78, 5) is -0.0433. The number of halogens is 2. The van der Waals surface area contributed by atoms with Gasteiger partial charge in [0.05, 0.1) is 11.6 Å². The second kappa shape index (κ2) is 5.35. The van der Waals surface area contributed by atoms with Crippen molar-refractivity contribution in [2.75, 3.05) is 6.54 Å². The molecule has 0 atom stereocenters. The maximum atomic E-state index is 12.0. The maximum Gasteiger partial charge on any atom is 0.242 e. The van der Waals surface area contributed by atoms with Gasteiger partial charge in [0.1, 0.15) is 4.90 Å². The number of aliphatic hydroxyl groups is 1. The first-order chi connectivity index (χ1) is 8.45. The monoisotopic (exact) mass is 309 g/mol. The zero-order valence-corrected chi connectivity index (χ0v) is 11.8. The molecule has 1 aliphatic carbocycles. The highest BCUT2D eigenvalue weighted by atomic mass is 35.5. The number of hydrogen-bond donors (Lipinski definition) is 2. The third-order valence-corrected chi connectivity index (χ3v) is 5.22. The Hall–Kier alpha value is -0.330. The van der Waals surface area contributed by atoms with E-state index in [-0.39, 0.29) is 20.5 Å². The molecule has 7 heteroatoms. The van der Waals surface area contributed by atoms with Crippen LogP contribution in [0.5, 0.6) is 0 Å². The molecular weight excluding hydrogens is 297 g/mol. The lowest BCUT2D eigenvalue weighted by molar-refractivity contribution is 0.281. The molecule has 0 heterocycles. The van der Waals surface area contributed by atoms with Gasteiger partial charge in [-0.3, -0.25) is 0 Å². The van der Waals surface area contributed by atoms with Gasteiger partial charge in [0.15, 0.2) is 0 Å². The Kier molecular flexibility index (Phi) is 4.18. The molecule has 100 valence electrons. The molecule has 0 aliphatic heterocycles. The molecule has 0 bridgehead atoms. The van der Waals surface area contributed by atoms with Crippen molar-refractivity contribution in [2.24, 2.45) is 5.92 Å². The SMILES string of the molecule is O=S(=O)(NCC1CC1)c1ccc(Cl)c(CO)c1Cl. The van der Waals surface area contributed by atoms with E-state index in [1.54, 1.807) is 0 Å². The number of hydrogen-bond acceptors (Lipinski definition) is 3. The molecule has 2 N–H and O–H groups in total. The Morgan fingerprint density at radius 1 is 1.33 bits per heavy atom. The average molecular weight is 310 g/mol. The van der Waals surface area contributed by atoms with E-state index in [2.05, 4.69) is 4.72 Å². The van der Waals surface area contributed by atoms with Crippen molar-refractivity contribution >= 4 is 33.2 Å². The zero-order chi connectivity index (χ0) is 13.3. The number of aliphatic hydroxyl groups excluding tert-OH is 1. The van der Waals surface area contributed by atoms with Crippen molar-refractivity contribution in [1.29, 1.82) is 0 Å². The van der Waals surface area contributed by atoms with E-state index in [1.807, 2.05) is 0 Å². The molecular formula is C11H13Cl2NO3S. The highest BCUT2D eigenvalue weighted by Crippen LogP contribution is 2.32. The molecule has 4 nitrogen and oxygen atoms in total. The lowest BCUT2D eigenvalue weighted by Gasteiger charge is -2.11. The minimum Gasteiger partial charge on any atom is -0.392 e. The smallest absolute Gasteiger partial charge is 0.242 e. The van der Waals surface area contributed by atoms with E-state index < -0.39 is 16.6 Å². The zero-order valence-electron chi connectivity index (χ0n) is 9.49. The predicted molar refractivity (Wildman–Crippen MR) is 70.3 cm³/mol. The predicted octanol–water partition coefficient (Wildman–Crippen LogP) is 2.17. The van der Waals surface area contributed by atoms with Crippen LogP contribution >= 0.6 is 23.2 Å². The number of sulfonamides is 1. The molecule has 0 amide bonds. The second-order valence-electron chi connectivity index (χ2n) is 4.29. The van der Waals surface area contributed by atoms with Gasteiger partial charge in [-0.1, -0.05) is 23.2 Å². The summed E-state index contributed by atoms with van der Waals surface area (Å²) in [5.41, 5.74) is 0.229.